The number of benzene rings is 3. The van der Waals surface area contributed by atoms with Crippen LogP contribution in [0.2, 0.25) is 5.02 Å². The Morgan fingerprint density at radius 3 is 2.48 bits per heavy atom. The van der Waals surface area contributed by atoms with Crippen LogP contribution in [0.3, 0.4) is 0 Å². The molecule has 2 N–H and O–H groups in total. The molecule has 1 saturated heterocycles. The van der Waals surface area contributed by atoms with Gasteiger partial charge in [0, 0.05) is 17.0 Å². The molecule has 1 fully saturated rings. The van der Waals surface area contributed by atoms with Gasteiger partial charge in [-0.3, -0.25) is 4.79 Å². The summed E-state index contributed by atoms with van der Waals surface area (Å²) in [4.78, 5) is 31.1. The van der Waals surface area contributed by atoms with E-state index in [2.05, 4.69) is 16.7 Å². The molecule has 3 amide bonds. The van der Waals surface area contributed by atoms with Gasteiger partial charge in [0.1, 0.15) is 36.7 Å². The van der Waals surface area contributed by atoms with Gasteiger partial charge in [-0.2, -0.15) is 18.4 Å². The molecule has 0 saturated carbocycles. The molecule has 1 unspecified atom stereocenters. The number of fused-ring (bicyclic) bond motifs is 1. The summed E-state index contributed by atoms with van der Waals surface area (Å²) in [5.74, 6) is -1.69. The van der Waals surface area contributed by atoms with Crippen LogP contribution in [0.15, 0.2) is 84.1 Å². The van der Waals surface area contributed by atoms with Crippen molar-refractivity contribution >= 4 is 23.5 Å². The van der Waals surface area contributed by atoms with E-state index in [1.54, 1.807) is 24.3 Å². The van der Waals surface area contributed by atoms with Crippen LogP contribution in [0.25, 0.3) is 0 Å². The maximum absolute atomic E-state index is 15.7. The quantitative estimate of drug-likeness (QED) is 0.126. The maximum Gasteiger partial charge on any atom is 0.431 e. The summed E-state index contributed by atoms with van der Waals surface area (Å²) < 4.78 is 64.8. The third-order valence-electron chi connectivity index (χ3n) is 9.83. The lowest BCUT2D eigenvalue weighted by Gasteiger charge is -2.45. The zero-order valence-electron chi connectivity index (χ0n) is 27.2. The number of hydrogen-bond acceptors (Lipinski definition) is 6. The molecule has 0 aliphatic carbocycles. The van der Waals surface area contributed by atoms with E-state index in [1.807, 2.05) is 30.3 Å². The SMILES string of the molecule is N#CCCCNC(CN1C(=O)C2=C(COC23CCNCC3)[N@@+](Cc2cccc(Cl)c2)(Cc2c(F)cccc2C(F)(F)F)C1=O)c1ccccc1. The lowest BCUT2D eigenvalue weighted by atomic mass is 9.82. The number of nitrogens with one attached hydrogen (secondary N) is 2. The molecule has 3 aliphatic rings. The molecule has 262 valence electrons. The first-order valence-electron chi connectivity index (χ1n) is 16.6. The van der Waals surface area contributed by atoms with Crippen LogP contribution >= 0.6 is 11.6 Å². The van der Waals surface area contributed by atoms with E-state index in [9.17, 15) is 18.0 Å². The Morgan fingerprint density at radius 1 is 1.04 bits per heavy atom. The second-order valence-corrected chi connectivity index (χ2v) is 13.3. The van der Waals surface area contributed by atoms with Crippen molar-refractivity contribution in [2.24, 2.45) is 0 Å². The fourth-order valence-corrected chi connectivity index (χ4v) is 7.62. The van der Waals surface area contributed by atoms with Crippen molar-refractivity contribution in [1.82, 2.24) is 15.5 Å². The number of carbonyl (C=O) groups excluding carboxylic acids is 2. The average Bonchev–Trinajstić information content (AvgIpc) is 3.46. The van der Waals surface area contributed by atoms with Gasteiger partial charge in [-0.1, -0.05) is 60.1 Å². The highest BCUT2D eigenvalue weighted by Crippen LogP contribution is 2.49. The van der Waals surface area contributed by atoms with Gasteiger partial charge < -0.3 is 15.4 Å². The summed E-state index contributed by atoms with van der Waals surface area (Å²) in [6.07, 6.45) is -3.30. The third-order valence-corrected chi connectivity index (χ3v) is 10.1. The Morgan fingerprint density at radius 2 is 1.78 bits per heavy atom. The number of piperidine rings is 1. The monoisotopic (exact) mass is 710 g/mol. The Bertz CT molecular complexity index is 1820. The summed E-state index contributed by atoms with van der Waals surface area (Å²) in [6.45, 7) is 0.151. The Hall–Kier alpha value is -4.12. The zero-order chi connectivity index (χ0) is 35.5. The van der Waals surface area contributed by atoms with Crippen molar-refractivity contribution in [3.05, 3.63) is 117 Å². The molecule has 1 spiro atoms. The van der Waals surface area contributed by atoms with Crippen molar-refractivity contribution < 1.29 is 36.4 Å². The molecule has 3 aromatic carbocycles. The van der Waals surface area contributed by atoms with E-state index in [-0.39, 0.29) is 31.0 Å². The molecule has 8 nitrogen and oxygen atoms in total. The fourth-order valence-electron chi connectivity index (χ4n) is 7.41. The van der Waals surface area contributed by atoms with Crippen LogP contribution in [0, 0.1) is 17.1 Å². The molecule has 13 heteroatoms. The first kappa shape index (κ1) is 35.7. The number of halogens is 5. The first-order chi connectivity index (χ1) is 24.0. The van der Waals surface area contributed by atoms with Crippen molar-refractivity contribution in [3.8, 4) is 6.07 Å². The number of rotatable bonds is 11. The number of hydrogen-bond donors (Lipinski definition) is 2. The average molecular weight is 711 g/mol. The van der Waals surface area contributed by atoms with Crippen molar-refractivity contribution in [3.63, 3.8) is 0 Å². The van der Waals surface area contributed by atoms with E-state index in [4.69, 9.17) is 21.6 Å². The smallest absolute Gasteiger partial charge is 0.359 e. The molecule has 0 radical (unpaired) electrons. The van der Waals surface area contributed by atoms with Crippen molar-refractivity contribution in [2.75, 3.05) is 32.8 Å². The minimum Gasteiger partial charge on any atom is -0.359 e. The second-order valence-electron chi connectivity index (χ2n) is 12.9. The maximum atomic E-state index is 15.7. The highest BCUT2D eigenvalue weighted by molar-refractivity contribution is 6.30. The molecular formula is C37H37ClF4N5O3+. The Kier molecular flexibility index (Phi) is 10.4. The molecule has 6 rings (SSSR count). The molecule has 0 aromatic heterocycles. The standard InChI is InChI=1S/C37H37ClF4N5O3/c38-27-11-6-8-25(20-27)22-47(23-28-29(37(40,41)42)12-7-13-30(28)39)32-24-50-36(14-18-44-19-15-36)33(32)34(48)46(35(47)49)21-31(45-17-5-4-16-43)26-9-2-1-3-10-26/h1-3,6-13,20,31,44-45H,4-5,14-15,17-19,21-24H2/q+1/t31?,47-/m1/s1. The zero-order valence-corrected chi connectivity index (χ0v) is 28.0. The number of unbranched alkanes of at least 4 members (excludes halogenated alkanes) is 1. The normalized spacial score (nSPS) is 21.0. The second kappa shape index (κ2) is 14.6. The molecule has 0 bridgehead atoms. The van der Waals surface area contributed by atoms with Gasteiger partial charge in [-0.25, -0.2) is 18.6 Å². The highest BCUT2D eigenvalue weighted by atomic mass is 35.5. The number of nitrogens with zero attached hydrogens (tertiary/aromatic N) is 3. The molecule has 3 heterocycles. The topological polar surface area (TPSA) is 94.5 Å². The Labute approximate surface area is 292 Å². The molecule has 3 aromatic rings. The van der Waals surface area contributed by atoms with Gasteiger partial charge in [0.25, 0.3) is 5.91 Å². The minimum absolute atomic E-state index is 0.168. The molecular weight excluding hydrogens is 674 g/mol. The molecule has 50 heavy (non-hydrogen) atoms. The number of alkyl halides is 3. The summed E-state index contributed by atoms with van der Waals surface area (Å²) in [5.41, 5.74) is -1.22. The van der Waals surface area contributed by atoms with Crippen LogP contribution < -0.4 is 10.6 Å². The van der Waals surface area contributed by atoms with E-state index >= 15 is 9.18 Å². The minimum atomic E-state index is -4.92. The van der Waals surface area contributed by atoms with E-state index < -0.39 is 57.7 Å². The summed E-state index contributed by atoms with van der Waals surface area (Å²) >= 11 is 6.36. The largest absolute Gasteiger partial charge is 0.431 e. The van der Waals surface area contributed by atoms with Gasteiger partial charge >= 0.3 is 12.2 Å². The highest BCUT2D eigenvalue weighted by Gasteiger charge is 2.62. The van der Waals surface area contributed by atoms with E-state index in [1.165, 1.54) is 0 Å². The van der Waals surface area contributed by atoms with Crippen LogP contribution in [0.4, 0.5) is 22.4 Å². The summed E-state index contributed by atoms with van der Waals surface area (Å²) in [7, 11) is 0. The summed E-state index contributed by atoms with van der Waals surface area (Å²) in [6, 6.07) is 19.3. The van der Waals surface area contributed by atoms with Crippen LogP contribution in [0.1, 0.15) is 54.0 Å². The number of quaternary nitrogens is 1. The number of imide groups is 1. The number of ether oxygens (including phenoxy) is 1. The number of nitriles is 1. The van der Waals surface area contributed by atoms with Gasteiger partial charge in [0.2, 0.25) is 0 Å². The molecule has 3 aliphatic heterocycles. The number of urea groups is 1. The molecule has 2 atom stereocenters. The van der Waals surface area contributed by atoms with Crippen molar-refractivity contribution in [2.45, 2.75) is 56.6 Å². The van der Waals surface area contributed by atoms with E-state index in [0.29, 0.717) is 55.9 Å². The van der Waals surface area contributed by atoms with Gasteiger partial charge in [-0.15, -0.1) is 0 Å². The van der Waals surface area contributed by atoms with Crippen LogP contribution in [0.5, 0.6) is 0 Å². The van der Waals surface area contributed by atoms with Gasteiger partial charge in [0.05, 0.1) is 29.8 Å². The lowest BCUT2D eigenvalue weighted by Crippen LogP contribution is -2.64. The lowest BCUT2D eigenvalue weighted by molar-refractivity contribution is -0.845. The van der Waals surface area contributed by atoms with Crippen LogP contribution in [-0.4, -0.2) is 59.7 Å². The number of carbonyl (C=O) groups is 2. The van der Waals surface area contributed by atoms with Crippen molar-refractivity contribution in [1.29, 1.82) is 5.26 Å². The fraction of sp³-hybridized carbons (Fsp3) is 0.378. The van der Waals surface area contributed by atoms with Gasteiger partial charge in [-0.05, 0) is 68.7 Å². The van der Waals surface area contributed by atoms with Gasteiger partial charge in [0.15, 0.2) is 5.70 Å². The third kappa shape index (κ3) is 6.93. The number of amides is 3. The Balaban J connectivity index is 1.55. The summed E-state index contributed by atoms with van der Waals surface area (Å²) in [5, 5.41) is 16.1. The predicted octanol–water partition coefficient (Wildman–Crippen LogP) is 7.02. The van der Waals surface area contributed by atoms with E-state index in [0.717, 1.165) is 28.7 Å². The van der Waals surface area contributed by atoms with Crippen LogP contribution in [-0.2, 0) is 28.8 Å². The first-order valence-corrected chi connectivity index (χ1v) is 16.9. The predicted molar refractivity (Wildman–Crippen MR) is 177 cm³/mol.